The van der Waals surface area contributed by atoms with Crippen molar-refractivity contribution in [1.29, 1.82) is 0 Å². The van der Waals surface area contributed by atoms with E-state index in [2.05, 4.69) is 0 Å². The number of ketones is 1. The quantitative estimate of drug-likeness (QED) is 0.457. The Morgan fingerprint density at radius 3 is 1.88 bits per heavy atom. The molecule has 0 aromatic carbocycles. The van der Waals surface area contributed by atoms with E-state index in [-0.39, 0.29) is 0 Å². The zero-order chi connectivity index (χ0) is 6.73. The molecule has 46 valence electrons. The third-order valence-electron chi connectivity index (χ3n) is 0.619. The van der Waals surface area contributed by atoms with Crippen molar-refractivity contribution in [3.05, 3.63) is 0 Å². The van der Waals surface area contributed by atoms with Gasteiger partial charge in [0, 0.05) is 0 Å². The van der Waals surface area contributed by atoms with Gasteiger partial charge in [-0.3, -0.25) is 4.79 Å². The number of aliphatic hydroxyl groups excluding tert-OH is 1. The molecule has 0 heterocycles. The van der Waals surface area contributed by atoms with Crippen LogP contribution in [0.5, 0.6) is 0 Å². The van der Waals surface area contributed by atoms with Crippen LogP contribution in [-0.4, -0.2) is 28.1 Å². The Labute approximate surface area is 45.7 Å². The number of carbonyl (C=O) groups is 2. The highest BCUT2D eigenvalue weighted by Gasteiger charge is 2.17. The standard InChI is InChI=1S/C4H6O4/c1-2(5)3(6)4(7)8/h3,6H,1H3,(H,7,8)/t3-/m0/s1. The van der Waals surface area contributed by atoms with Crippen LogP contribution < -0.4 is 0 Å². The van der Waals surface area contributed by atoms with Crippen LogP contribution in [0.15, 0.2) is 0 Å². The second kappa shape index (κ2) is 2.42. The molecular formula is C4H6O4. The highest BCUT2D eigenvalue weighted by molar-refractivity contribution is 5.99. The molecule has 4 nitrogen and oxygen atoms in total. The minimum absolute atomic E-state index is 0.752. The van der Waals surface area contributed by atoms with E-state index in [0.29, 0.717) is 0 Å². The van der Waals surface area contributed by atoms with Crippen LogP contribution in [0.2, 0.25) is 0 Å². The van der Waals surface area contributed by atoms with Crippen LogP contribution in [0.3, 0.4) is 0 Å². The number of rotatable bonds is 2. The summed E-state index contributed by atoms with van der Waals surface area (Å²) in [5.74, 6) is -2.25. The van der Waals surface area contributed by atoms with Gasteiger partial charge in [-0.15, -0.1) is 0 Å². The van der Waals surface area contributed by atoms with Crippen LogP contribution in [-0.2, 0) is 9.59 Å². The molecule has 0 unspecified atom stereocenters. The molecule has 8 heavy (non-hydrogen) atoms. The molecule has 2 N–H and O–H groups in total. The summed E-state index contributed by atoms with van der Waals surface area (Å²) < 4.78 is 0. The second-order valence-corrected chi connectivity index (χ2v) is 1.35. The van der Waals surface area contributed by atoms with Crippen molar-refractivity contribution in [2.45, 2.75) is 13.0 Å². The van der Waals surface area contributed by atoms with Gasteiger partial charge < -0.3 is 10.2 Å². The van der Waals surface area contributed by atoms with E-state index < -0.39 is 17.9 Å². The molecule has 0 amide bonds. The lowest BCUT2D eigenvalue weighted by Crippen LogP contribution is -2.26. The molecule has 0 aliphatic rings. The smallest absolute Gasteiger partial charge is 0.340 e. The first-order valence-corrected chi connectivity index (χ1v) is 1.97. The van der Waals surface area contributed by atoms with E-state index in [1.54, 1.807) is 0 Å². The molecule has 0 rings (SSSR count). The number of aliphatic carboxylic acids is 1. The molecule has 0 spiro atoms. The minimum Gasteiger partial charge on any atom is -0.479 e. The summed E-state index contributed by atoms with van der Waals surface area (Å²) in [6.45, 7) is 1.01. The Morgan fingerprint density at radius 1 is 1.50 bits per heavy atom. The van der Waals surface area contributed by atoms with Crippen molar-refractivity contribution in [3.63, 3.8) is 0 Å². The van der Waals surface area contributed by atoms with E-state index in [9.17, 15) is 9.59 Å². The topological polar surface area (TPSA) is 74.6 Å². The zero-order valence-corrected chi connectivity index (χ0v) is 4.29. The third kappa shape index (κ3) is 1.70. The van der Waals surface area contributed by atoms with Gasteiger partial charge in [0.2, 0.25) is 6.10 Å². The molecule has 0 radical (unpaired) electrons. The van der Waals surface area contributed by atoms with Gasteiger partial charge in [0.25, 0.3) is 0 Å². The first-order chi connectivity index (χ1) is 3.55. The van der Waals surface area contributed by atoms with Gasteiger partial charge in [-0.1, -0.05) is 0 Å². The fourth-order valence-corrected chi connectivity index (χ4v) is 0.174. The Balaban J connectivity index is 3.83. The van der Waals surface area contributed by atoms with Gasteiger partial charge in [0.1, 0.15) is 0 Å². The first kappa shape index (κ1) is 7.10. The molecule has 0 aliphatic carbocycles. The van der Waals surface area contributed by atoms with Crippen LogP contribution >= 0.6 is 0 Å². The van der Waals surface area contributed by atoms with Crippen LogP contribution in [0.25, 0.3) is 0 Å². The third-order valence-corrected chi connectivity index (χ3v) is 0.619. The predicted octanol–water partition coefficient (Wildman–Crippen LogP) is -0.979. The lowest BCUT2D eigenvalue weighted by atomic mass is 10.3. The van der Waals surface area contributed by atoms with Crippen LogP contribution in [0.1, 0.15) is 6.92 Å². The summed E-state index contributed by atoms with van der Waals surface area (Å²) in [6.07, 6.45) is -1.85. The molecule has 0 fully saturated rings. The summed E-state index contributed by atoms with van der Waals surface area (Å²) in [5.41, 5.74) is 0. The normalized spacial score (nSPS) is 12.8. The Kier molecular flexibility index (Phi) is 2.15. The molecule has 0 aromatic heterocycles. The highest BCUT2D eigenvalue weighted by Crippen LogP contribution is 1.82. The summed E-state index contributed by atoms with van der Waals surface area (Å²) in [6, 6.07) is 0. The van der Waals surface area contributed by atoms with Crippen LogP contribution in [0, 0.1) is 0 Å². The molecule has 0 aromatic rings. The maximum atomic E-state index is 9.95. The van der Waals surface area contributed by atoms with Crippen LogP contribution in [0.4, 0.5) is 0 Å². The molecule has 0 bridgehead atoms. The van der Waals surface area contributed by atoms with Gasteiger partial charge in [0.15, 0.2) is 5.78 Å². The number of carbonyl (C=O) groups excluding carboxylic acids is 1. The Hall–Kier alpha value is -0.900. The van der Waals surface area contributed by atoms with Crippen molar-refractivity contribution in [2.24, 2.45) is 0 Å². The van der Waals surface area contributed by atoms with Gasteiger partial charge in [0.05, 0.1) is 0 Å². The van der Waals surface area contributed by atoms with Crippen molar-refractivity contribution in [2.75, 3.05) is 0 Å². The van der Waals surface area contributed by atoms with Crippen molar-refractivity contribution >= 4 is 11.8 Å². The lowest BCUT2D eigenvalue weighted by Gasteiger charge is -1.95. The number of Topliss-reactive ketones (excluding diaryl/α,β-unsaturated/α-hetero) is 1. The minimum atomic E-state index is -1.85. The average Bonchev–Trinajstić information content (AvgIpc) is 1.64. The van der Waals surface area contributed by atoms with E-state index >= 15 is 0 Å². The number of aliphatic hydroxyl groups is 1. The second-order valence-electron chi connectivity index (χ2n) is 1.35. The van der Waals surface area contributed by atoms with Gasteiger partial charge in [-0.2, -0.15) is 0 Å². The molecular weight excluding hydrogens is 112 g/mol. The molecule has 0 aliphatic heterocycles. The van der Waals surface area contributed by atoms with E-state index in [4.69, 9.17) is 10.2 Å². The summed E-state index contributed by atoms with van der Waals surface area (Å²) >= 11 is 0. The predicted molar refractivity (Wildman–Crippen MR) is 24.3 cm³/mol. The summed E-state index contributed by atoms with van der Waals surface area (Å²) in [5, 5.41) is 16.1. The number of hydrogen-bond acceptors (Lipinski definition) is 3. The molecule has 0 saturated carbocycles. The van der Waals surface area contributed by atoms with Gasteiger partial charge in [-0.05, 0) is 6.92 Å². The van der Waals surface area contributed by atoms with E-state index in [1.165, 1.54) is 0 Å². The fourth-order valence-electron chi connectivity index (χ4n) is 0.174. The van der Waals surface area contributed by atoms with Gasteiger partial charge in [-0.25, -0.2) is 4.79 Å². The molecule has 4 heteroatoms. The average molecular weight is 118 g/mol. The highest BCUT2D eigenvalue weighted by atomic mass is 16.4. The Bertz CT molecular complexity index is 103. The molecule has 1 atom stereocenters. The maximum absolute atomic E-state index is 9.95. The number of hydrogen-bond donors (Lipinski definition) is 2. The van der Waals surface area contributed by atoms with E-state index in [1.807, 2.05) is 0 Å². The zero-order valence-electron chi connectivity index (χ0n) is 4.29. The van der Waals surface area contributed by atoms with Crippen molar-refractivity contribution < 1.29 is 19.8 Å². The van der Waals surface area contributed by atoms with Crippen molar-refractivity contribution in [3.8, 4) is 0 Å². The Morgan fingerprint density at radius 2 is 1.88 bits per heavy atom. The maximum Gasteiger partial charge on any atom is 0.340 e. The fraction of sp³-hybridized carbons (Fsp3) is 0.500. The summed E-state index contributed by atoms with van der Waals surface area (Å²) in [7, 11) is 0. The monoisotopic (exact) mass is 118 g/mol. The lowest BCUT2D eigenvalue weighted by molar-refractivity contribution is -0.151. The van der Waals surface area contributed by atoms with Gasteiger partial charge >= 0.3 is 5.97 Å². The largest absolute Gasteiger partial charge is 0.479 e. The number of carboxylic acid groups (broad SMARTS) is 1. The SMILES string of the molecule is CC(=O)[C@H](O)C(=O)O. The van der Waals surface area contributed by atoms with Crippen molar-refractivity contribution in [1.82, 2.24) is 0 Å². The van der Waals surface area contributed by atoms with E-state index in [0.717, 1.165) is 6.92 Å². The summed E-state index contributed by atoms with van der Waals surface area (Å²) in [4.78, 5) is 19.6. The molecule has 0 saturated heterocycles. The number of carboxylic acids is 1. The first-order valence-electron chi connectivity index (χ1n) is 1.97.